The molecular formula is C13H20N2OS. The molecule has 1 aromatic carbocycles. The maximum atomic E-state index is 11.8. The number of unbranched alkanes of at least 4 members (excludes halogenated alkanes) is 1. The maximum Gasteiger partial charge on any atom is 0.251 e. The number of hydrogen-bond donors (Lipinski definition) is 2. The summed E-state index contributed by atoms with van der Waals surface area (Å²) >= 11 is 1.83. The Morgan fingerprint density at radius 3 is 2.76 bits per heavy atom. The van der Waals surface area contributed by atoms with Crippen molar-refractivity contribution in [3.05, 3.63) is 29.3 Å². The van der Waals surface area contributed by atoms with Gasteiger partial charge in [0.25, 0.3) is 5.91 Å². The average molecular weight is 252 g/mol. The van der Waals surface area contributed by atoms with Crippen molar-refractivity contribution in [2.75, 3.05) is 24.3 Å². The van der Waals surface area contributed by atoms with Gasteiger partial charge in [0.2, 0.25) is 0 Å². The molecule has 0 aliphatic rings. The molecule has 94 valence electrons. The second-order valence-electron chi connectivity index (χ2n) is 4.09. The van der Waals surface area contributed by atoms with Crippen LogP contribution in [0.4, 0.5) is 5.69 Å². The predicted molar refractivity (Wildman–Crippen MR) is 75.5 cm³/mol. The Balaban J connectivity index is 2.41. The van der Waals surface area contributed by atoms with Crippen LogP contribution in [0, 0.1) is 6.92 Å². The fourth-order valence-electron chi connectivity index (χ4n) is 1.62. The van der Waals surface area contributed by atoms with E-state index in [0.717, 1.165) is 30.7 Å². The topological polar surface area (TPSA) is 55.1 Å². The minimum Gasteiger partial charge on any atom is -0.399 e. The molecule has 0 aromatic heterocycles. The lowest BCUT2D eigenvalue weighted by Gasteiger charge is -2.06. The summed E-state index contributed by atoms with van der Waals surface area (Å²) in [4.78, 5) is 11.8. The van der Waals surface area contributed by atoms with Crippen molar-refractivity contribution >= 4 is 23.4 Å². The third kappa shape index (κ3) is 5.13. The Kier molecular flexibility index (Phi) is 5.91. The molecule has 17 heavy (non-hydrogen) atoms. The second-order valence-corrected chi connectivity index (χ2v) is 5.07. The molecular weight excluding hydrogens is 232 g/mol. The molecule has 1 aromatic rings. The zero-order valence-electron chi connectivity index (χ0n) is 10.5. The lowest BCUT2D eigenvalue weighted by Crippen LogP contribution is -2.24. The number of aryl methyl sites for hydroxylation is 1. The standard InChI is InChI=1S/C13H20N2OS/c1-10-7-11(9-12(14)8-10)13(16)15-5-3-4-6-17-2/h7-9H,3-6,14H2,1-2H3,(H,15,16). The molecule has 0 radical (unpaired) electrons. The Morgan fingerprint density at radius 1 is 1.35 bits per heavy atom. The average Bonchev–Trinajstić information content (AvgIpc) is 2.27. The predicted octanol–water partition coefficient (Wildman–Crippen LogP) is 2.45. The number of nitrogens with one attached hydrogen (secondary N) is 1. The third-order valence-electron chi connectivity index (χ3n) is 2.42. The Bertz CT molecular complexity index is 359. The Labute approximate surface area is 107 Å². The number of nitrogen functional groups attached to an aromatic ring is 1. The van der Waals surface area contributed by atoms with Gasteiger partial charge in [-0.2, -0.15) is 11.8 Å². The highest BCUT2D eigenvalue weighted by Gasteiger charge is 2.05. The van der Waals surface area contributed by atoms with Crippen molar-refractivity contribution in [2.24, 2.45) is 0 Å². The molecule has 0 aliphatic heterocycles. The van der Waals surface area contributed by atoms with E-state index in [2.05, 4.69) is 11.6 Å². The van der Waals surface area contributed by atoms with Gasteiger partial charge in [-0.25, -0.2) is 0 Å². The van der Waals surface area contributed by atoms with Crippen molar-refractivity contribution in [3.8, 4) is 0 Å². The van der Waals surface area contributed by atoms with Gasteiger partial charge < -0.3 is 11.1 Å². The summed E-state index contributed by atoms with van der Waals surface area (Å²) in [5.74, 6) is 1.11. The van der Waals surface area contributed by atoms with E-state index in [4.69, 9.17) is 5.73 Å². The maximum absolute atomic E-state index is 11.8. The van der Waals surface area contributed by atoms with Gasteiger partial charge in [0.05, 0.1) is 0 Å². The van der Waals surface area contributed by atoms with Gasteiger partial charge in [-0.1, -0.05) is 0 Å². The first-order valence-electron chi connectivity index (χ1n) is 5.78. The van der Waals surface area contributed by atoms with Crippen LogP contribution < -0.4 is 11.1 Å². The number of hydrogen-bond acceptors (Lipinski definition) is 3. The first kappa shape index (κ1) is 13.9. The summed E-state index contributed by atoms with van der Waals surface area (Å²) in [6.07, 6.45) is 4.25. The second kappa shape index (κ2) is 7.22. The summed E-state index contributed by atoms with van der Waals surface area (Å²) in [5, 5.41) is 2.91. The highest BCUT2D eigenvalue weighted by molar-refractivity contribution is 7.98. The number of carbonyl (C=O) groups excluding carboxylic acids is 1. The Morgan fingerprint density at radius 2 is 2.12 bits per heavy atom. The summed E-state index contributed by atoms with van der Waals surface area (Å²) in [5.41, 5.74) is 8.00. The minimum absolute atomic E-state index is 0.0375. The van der Waals surface area contributed by atoms with E-state index < -0.39 is 0 Å². The van der Waals surface area contributed by atoms with Gasteiger partial charge in [-0.05, 0) is 55.5 Å². The van der Waals surface area contributed by atoms with Crippen molar-refractivity contribution < 1.29 is 4.79 Å². The molecule has 0 fully saturated rings. The van der Waals surface area contributed by atoms with Crippen LogP contribution in [0.3, 0.4) is 0 Å². The van der Waals surface area contributed by atoms with Crippen LogP contribution in [0.2, 0.25) is 0 Å². The summed E-state index contributed by atoms with van der Waals surface area (Å²) < 4.78 is 0. The molecule has 0 heterocycles. The lowest BCUT2D eigenvalue weighted by atomic mass is 10.1. The SMILES string of the molecule is CSCCCCNC(=O)c1cc(C)cc(N)c1. The summed E-state index contributed by atoms with van der Waals surface area (Å²) in [6, 6.07) is 5.42. The van der Waals surface area contributed by atoms with Gasteiger partial charge in [0.1, 0.15) is 0 Å². The van der Waals surface area contributed by atoms with Gasteiger partial charge in [-0.15, -0.1) is 0 Å². The van der Waals surface area contributed by atoms with E-state index >= 15 is 0 Å². The number of carbonyl (C=O) groups is 1. The van der Waals surface area contributed by atoms with E-state index in [1.54, 1.807) is 6.07 Å². The van der Waals surface area contributed by atoms with Gasteiger partial charge >= 0.3 is 0 Å². The number of thioether (sulfide) groups is 1. The van der Waals surface area contributed by atoms with Crippen molar-refractivity contribution in [1.29, 1.82) is 0 Å². The van der Waals surface area contributed by atoms with E-state index in [1.165, 1.54) is 0 Å². The molecule has 0 saturated heterocycles. The van der Waals surface area contributed by atoms with Gasteiger partial charge in [-0.3, -0.25) is 4.79 Å². The first-order chi connectivity index (χ1) is 8.13. The van der Waals surface area contributed by atoms with Crippen LogP contribution in [0.15, 0.2) is 18.2 Å². The quantitative estimate of drug-likeness (QED) is 0.604. The van der Waals surface area contributed by atoms with E-state index in [9.17, 15) is 4.79 Å². The van der Waals surface area contributed by atoms with E-state index in [1.807, 2.05) is 30.8 Å². The number of rotatable bonds is 6. The zero-order valence-corrected chi connectivity index (χ0v) is 11.3. The minimum atomic E-state index is -0.0375. The van der Waals surface area contributed by atoms with Crippen LogP contribution in [0.5, 0.6) is 0 Å². The fourth-order valence-corrected chi connectivity index (χ4v) is 2.11. The van der Waals surface area contributed by atoms with E-state index in [-0.39, 0.29) is 5.91 Å². The Hall–Kier alpha value is -1.16. The monoisotopic (exact) mass is 252 g/mol. The molecule has 0 spiro atoms. The molecule has 3 N–H and O–H groups in total. The number of nitrogens with two attached hydrogens (primary N) is 1. The van der Waals surface area contributed by atoms with Crippen LogP contribution in [-0.2, 0) is 0 Å². The van der Waals surface area contributed by atoms with Crippen LogP contribution >= 0.6 is 11.8 Å². The molecule has 4 heteroatoms. The first-order valence-corrected chi connectivity index (χ1v) is 7.17. The highest BCUT2D eigenvalue weighted by atomic mass is 32.2. The lowest BCUT2D eigenvalue weighted by molar-refractivity contribution is 0.0953. The molecule has 1 amide bonds. The largest absolute Gasteiger partial charge is 0.399 e. The van der Waals surface area contributed by atoms with E-state index in [0.29, 0.717) is 11.3 Å². The van der Waals surface area contributed by atoms with Crippen LogP contribution in [0.25, 0.3) is 0 Å². The zero-order chi connectivity index (χ0) is 12.7. The van der Waals surface area contributed by atoms with Crippen molar-refractivity contribution in [2.45, 2.75) is 19.8 Å². The van der Waals surface area contributed by atoms with Gasteiger partial charge in [0, 0.05) is 17.8 Å². The summed E-state index contributed by atoms with van der Waals surface area (Å²) in [7, 11) is 0. The molecule has 0 unspecified atom stereocenters. The van der Waals surface area contributed by atoms with Crippen molar-refractivity contribution in [3.63, 3.8) is 0 Å². The van der Waals surface area contributed by atoms with Crippen LogP contribution in [-0.4, -0.2) is 24.5 Å². The normalized spacial score (nSPS) is 10.2. The molecule has 0 atom stereocenters. The molecule has 1 rings (SSSR count). The molecule has 0 bridgehead atoms. The van der Waals surface area contributed by atoms with Crippen LogP contribution in [0.1, 0.15) is 28.8 Å². The fraction of sp³-hybridized carbons (Fsp3) is 0.462. The third-order valence-corrected chi connectivity index (χ3v) is 3.12. The van der Waals surface area contributed by atoms with Gasteiger partial charge in [0.15, 0.2) is 0 Å². The highest BCUT2D eigenvalue weighted by Crippen LogP contribution is 2.11. The molecule has 0 aliphatic carbocycles. The number of benzene rings is 1. The number of anilines is 1. The summed E-state index contributed by atoms with van der Waals surface area (Å²) in [6.45, 7) is 2.67. The van der Waals surface area contributed by atoms with Crippen molar-refractivity contribution in [1.82, 2.24) is 5.32 Å². The molecule has 0 saturated carbocycles. The smallest absolute Gasteiger partial charge is 0.251 e. The molecule has 3 nitrogen and oxygen atoms in total. The number of amides is 1.